The molecule has 2 fully saturated rings. The minimum atomic E-state index is -1.28. The third kappa shape index (κ3) is 5.38. The van der Waals surface area contributed by atoms with E-state index in [0.29, 0.717) is 37.5 Å². The van der Waals surface area contributed by atoms with Gasteiger partial charge in [-0.3, -0.25) is 9.69 Å². The molecular formula is C23H31FN3O5P. The number of piperazine rings is 1. The number of aromatic nitrogens is 1. The summed E-state index contributed by atoms with van der Waals surface area (Å²) in [5.74, 6) is -1.77. The van der Waals surface area contributed by atoms with Crippen LogP contribution in [0.1, 0.15) is 43.1 Å². The second kappa shape index (κ2) is 10.5. The predicted octanol–water partition coefficient (Wildman–Crippen LogP) is 3.68. The molecule has 1 aliphatic carbocycles. The Balaban J connectivity index is 1.51. The molecule has 2 aromatic rings. The van der Waals surface area contributed by atoms with Gasteiger partial charge in [0.25, 0.3) is 0 Å². The molecule has 8 nitrogen and oxygen atoms in total. The van der Waals surface area contributed by atoms with Crippen LogP contribution in [-0.2, 0) is 9.05 Å². The molecule has 0 atom stereocenters. The van der Waals surface area contributed by atoms with Crippen molar-refractivity contribution in [3.8, 4) is 0 Å². The third-order valence-corrected chi connectivity index (χ3v) is 7.79. The predicted molar refractivity (Wildman–Crippen MR) is 127 cm³/mol. The Morgan fingerprint density at radius 2 is 1.82 bits per heavy atom. The fourth-order valence-corrected chi connectivity index (χ4v) is 5.65. The minimum absolute atomic E-state index is 0.127. The minimum Gasteiger partial charge on any atom is -0.477 e. The maximum atomic E-state index is 15.1. The summed E-state index contributed by atoms with van der Waals surface area (Å²) in [6.45, 7) is 9.03. The van der Waals surface area contributed by atoms with E-state index in [2.05, 4.69) is 4.90 Å². The Morgan fingerprint density at radius 3 is 2.39 bits per heavy atom. The molecule has 0 amide bonds. The van der Waals surface area contributed by atoms with E-state index in [1.807, 2.05) is 23.3 Å². The van der Waals surface area contributed by atoms with Crippen LogP contribution >= 0.6 is 8.38 Å². The molecule has 2 heterocycles. The number of hydrogen-bond donors (Lipinski definition) is 1. The number of pyridine rings is 1. The van der Waals surface area contributed by atoms with E-state index in [-0.39, 0.29) is 17.0 Å². The largest absolute Gasteiger partial charge is 0.477 e. The number of nitrogens with zero attached hydrogens (tertiary/aromatic N) is 3. The Labute approximate surface area is 193 Å². The average molecular weight is 479 g/mol. The van der Waals surface area contributed by atoms with Gasteiger partial charge in [-0.05, 0) is 38.8 Å². The first kappa shape index (κ1) is 24.1. The number of fused-ring (bicyclic) bond motifs is 1. The second-order valence-corrected chi connectivity index (χ2v) is 9.99. The second-order valence-electron chi connectivity index (χ2n) is 8.36. The number of aromatic carboxylic acids is 1. The summed E-state index contributed by atoms with van der Waals surface area (Å²) < 4.78 is 28.3. The molecule has 10 heteroatoms. The molecule has 1 N–H and O–H groups in total. The van der Waals surface area contributed by atoms with E-state index in [1.165, 1.54) is 12.3 Å². The summed E-state index contributed by atoms with van der Waals surface area (Å²) in [5, 5.41) is 9.53. The van der Waals surface area contributed by atoms with Crippen LogP contribution in [0.2, 0.25) is 0 Å². The van der Waals surface area contributed by atoms with Crippen LogP contribution in [0, 0.1) is 5.82 Å². The molecule has 1 aromatic carbocycles. The van der Waals surface area contributed by atoms with Crippen LogP contribution < -0.4 is 10.3 Å². The first-order chi connectivity index (χ1) is 15.9. The molecule has 0 spiro atoms. The number of carbonyl (C=O) groups is 1. The lowest BCUT2D eigenvalue weighted by molar-refractivity contribution is 0.0695. The van der Waals surface area contributed by atoms with Crippen LogP contribution in [0.3, 0.4) is 0 Å². The van der Waals surface area contributed by atoms with Crippen molar-refractivity contribution in [1.29, 1.82) is 0 Å². The van der Waals surface area contributed by atoms with Gasteiger partial charge in [-0.15, -0.1) is 0 Å². The van der Waals surface area contributed by atoms with Crippen LogP contribution in [-0.4, -0.2) is 72.6 Å². The van der Waals surface area contributed by atoms with E-state index in [9.17, 15) is 14.7 Å². The number of halogens is 1. The van der Waals surface area contributed by atoms with Crippen molar-refractivity contribution in [3.05, 3.63) is 39.9 Å². The zero-order valence-corrected chi connectivity index (χ0v) is 20.0. The lowest BCUT2D eigenvalue weighted by Crippen LogP contribution is -2.47. The molecule has 2 aliphatic rings. The van der Waals surface area contributed by atoms with Gasteiger partial charge < -0.3 is 23.6 Å². The highest BCUT2D eigenvalue weighted by atomic mass is 31.2. The van der Waals surface area contributed by atoms with Gasteiger partial charge >= 0.3 is 5.97 Å². The summed E-state index contributed by atoms with van der Waals surface area (Å²) in [4.78, 5) is 28.5. The zero-order valence-electron chi connectivity index (χ0n) is 19.1. The third-order valence-electron chi connectivity index (χ3n) is 6.13. The first-order valence-electron chi connectivity index (χ1n) is 11.5. The maximum Gasteiger partial charge on any atom is 0.341 e. The van der Waals surface area contributed by atoms with Crippen molar-refractivity contribution in [2.45, 2.75) is 32.7 Å². The van der Waals surface area contributed by atoms with E-state index in [1.54, 1.807) is 6.07 Å². The molecule has 180 valence electrons. The highest BCUT2D eigenvalue weighted by Crippen LogP contribution is 2.39. The number of benzene rings is 1. The van der Waals surface area contributed by atoms with Gasteiger partial charge in [0.05, 0.1) is 24.4 Å². The highest BCUT2D eigenvalue weighted by Gasteiger charge is 2.28. The van der Waals surface area contributed by atoms with Crippen molar-refractivity contribution in [2.75, 3.05) is 57.0 Å². The van der Waals surface area contributed by atoms with Crippen LogP contribution in [0.4, 0.5) is 10.1 Å². The van der Waals surface area contributed by atoms with E-state index < -0.39 is 25.6 Å². The lowest BCUT2D eigenvalue weighted by Gasteiger charge is -2.36. The molecule has 0 radical (unpaired) electrons. The van der Waals surface area contributed by atoms with Crippen molar-refractivity contribution < 1.29 is 23.3 Å². The molecule has 1 saturated carbocycles. The molecule has 1 aromatic heterocycles. The van der Waals surface area contributed by atoms with Gasteiger partial charge in [0.15, 0.2) is 8.38 Å². The Bertz CT molecular complexity index is 1060. The van der Waals surface area contributed by atoms with Crippen LogP contribution in [0.5, 0.6) is 0 Å². The van der Waals surface area contributed by atoms with Crippen molar-refractivity contribution in [2.24, 2.45) is 0 Å². The number of carboxylic acid groups (broad SMARTS) is 1. The molecule has 1 saturated heterocycles. The van der Waals surface area contributed by atoms with Gasteiger partial charge in [-0.2, -0.15) is 0 Å². The Kier molecular flexibility index (Phi) is 7.64. The van der Waals surface area contributed by atoms with Crippen LogP contribution in [0.15, 0.2) is 23.1 Å². The SMILES string of the molecule is CCOP(CCN1CCN(c2cc3c(cc2F)c(=O)c(C(=O)O)cn3C2CC2)CC1)OCC. The summed E-state index contributed by atoms with van der Waals surface area (Å²) in [6.07, 6.45) is 4.11. The Morgan fingerprint density at radius 1 is 1.15 bits per heavy atom. The fourth-order valence-electron chi connectivity index (χ4n) is 4.30. The standard InChI is InChI=1S/C23H31FN3O5P/c1-3-31-33(32-4-2)12-11-25-7-9-26(10-8-25)21-14-20-17(13-19(21)24)22(28)18(23(29)30)15-27(20)16-5-6-16/h13-16H,3-12H2,1-2H3,(H,29,30). The first-order valence-corrected chi connectivity index (χ1v) is 12.9. The molecule has 4 rings (SSSR count). The highest BCUT2D eigenvalue weighted by molar-refractivity contribution is 7.47. The van der Waals surface area contributed by atoms with E-state index in [4.69, 9.17) is 9.05 Å². The van der Waals surface area contributed by atoms with E-state index >= 15 is 4.39 Å². The number of hydrogen-bond acceptors (Lipinski definition) is 6. The quantitative estimate of drug-likeness (QED) is 0.521. The summed E-state index contributed by atoms with van der Waals surface area (Å²) in [6, 6.07) is 3.09. The molecule has 33 heavy (non-hydrogen) atoms. The van der Waals surface area contributed by atoms with Gasteiger partial charge in [0.1, 0.15) is 11.4 Å². The number of carboxylic acids is 1. The summed E-state index contributed by atoms with van der Waals surface area (Å²) >= 11 is 0. The van der Waals surface area contributed by atoms with E-state index in [0.717, 1.165) is 38.6 Å². The smallest absolute Gasteiger partial charge is 0.341 e. The Hall–Kier alpha value is -2.06. The summed E-state index contributed by atoms with van der Waals surface area (Å²) in [5.41, 5.74) is 0.120. The zero-order chi connectivity index (χ0) is 23.5. The van der Waals surface area contributed by atoms with Crippen molar-refractivity contribution >= 4 is 30.9 Å². The number of anilines is 1. The average Bonchev–Trinajstić information content (AvgIpc) is 3.63. The molecule has 0 unspecified atom stereocenters. The van der Waals surface area contributed by atoms with Crippen molar-refractivity contribution in [1.82, 2.24) is 9.47 Å². The van der Waals surface area contributed by atoms with Crippen molar-refractivity contribution in [3.63, 3.8) is 0 Å². The van der Waals surface area contributed by atoms with Gasteiger partial charge in [-0.1, -0.05) is 0 Å². The monoisotopic (exact) mass is 479 g/mol. The maximum absolute atomic E-state index is 15.1. The fraction of sp³-hybridized carbons (Fsp3) is 0.565. The number of rotatable bonds is 10. The topological polar surface area (TPSA) is 84.2 Å². The van der Waals surface area contributed by atoms with Gasteiger partial charge in [0.2, 0.25) is 5.43 Å². The molecular weight excluding hydrogens is 448 g/mol. The lowest BCUT2D eigenvalue weighted by atomic mass is 10.1. The van der Waals surface area contributed by atoms with Crippen LogP contribution in [0.25, 0.3) is 10.9 Å². The normalized spacial score (nSPS) is 17.3. The summed E-state index contributed by atoms with van der Waals surface area (Å²) in [7, 11) is -0.870. The van der Waals surface area contributed by atoms with Gasteiger partial charge in [-0.25, -0.2) is 9.18 Å². The molecule has 1 aliphatic heterocycles. The molecule has 0 bridgehead atoms. The van der Waals surface area contributed by atoms with Gasteiger partial charge in [0, 0.05) is 56.5 Å².